The van der Waals surface area contributed by atoms with Crippen LogP contribution in [0.25, 0.3) is 0 Å². The van der Waals surface area contributed by atoms with Gasteiger partial charge in [0.1, 0.15) is 5.69 Å². The third-order valence-electron chi connectivity index (χ3n) is 6.03. The van der Waals surface area contributed by atoms with Crippen molar-refractivity contribution >= 4 is 17.2 Å². The predicted octanol–water partition coefficient (Wildman–Crippen LogP) is 2.38. The first-order valence-corrected chi connectivity index (χ1v) is 10.3. The van der Waals surface area contributed by atoms with Crippen molar-refractivity contribution in [1.82, 2.24) is 15.2 Å². The van der Waals surface area contributed by atoms with Crippen molar-refractivity contribution in [1.29, 1.82) is 0 Å². The Hall–Kier alpha value is -0.980. The zero-order chi connectivity index (χ0) is 16.5. The fraction of sp³-hybridized carbons (Fsp3) is 0.778. The van der Waals surface area contributed by atoms with Gasteiger partial charge in [0.2, 0.25) is 0 Å². The quantitative estimate of drug-likeness (QED) is 0.860. The second-order valence-electron chi connectivity index (χ2n) is 7.47. The minimum absolute atomic E-state index is 0.0789. The summed E-state index contributed by atoms with van der Waals surface area (Å²) in [5.41, 5.74) is 0.620. The Morgan fingerprint density at radius 1 is 1.21 bits per heavy atom. The second kappa shape index (κ2) is 7.10. The van der Waals surface area contributed by atoms with Crippen molar-refractivity contribution in [2.24, 2.45) is 5.92 Å². The van der Waals surface area contributed by atoms with Crippen LogP contribution in [0.4, 0.5) is 0 Å². The normalized spacial score (nSPS) is 31.7. The van der Waals surface area contributed by atoms with Gasteiger partial charge in [-0.1, -0.05) is 12.8 Å². The Morgan fingerprint density at radius 2 is 2.00 bits per heavy atom. The minimum atomic E-state index is -0.236. The van der Waals surface area contributed by atoms with Gasteiger partial charge >= 0.3 is 0 Å². The van der Waals surface area contributed by atoms with E-state index in [0.29, 0.717) is 24.6 Å². The first kappa shape index (κ1) is 16.5. The number of aliphatic hydroxyl groups excluding tert-OH is 1. The fourth-order valence-corrected chi connectivity index (χ4v) is 5.63. The largest absolute Gasteiger partial charge is 0.393 e. The molecule has 3 aliphatic rings. The SMILES string of the molecule is O=C(c1csc(C2CCNCC2)n1)N1CCC(O)C2CCCCC21. The summed E-state index contributed by atoms with van der Waals surface area (Å²) in [4.78, 5) is 19.7. The van der Waals surface area contributed by atoms with Crippen LogP contribution in [0.3, 0.4) is 0 Å². The van der Waals surface area contributed by atoms with Crippen LogP contribution in [0.1, 0.15) is 66.4 Å². The summed E-state index contributed by atoms with van der Waals surface area (Å²) >= 11 is 1.64. The van der Waals surface area contributed by atoms with Gasteiger partial charge < -0.3 is 15.3 Å². The average Bonchev–Trinajstić information content (AvgIpc) is 3.13. The molecule has 0 bridgehead atoms. The standard InChI is InChI=1S/C18H27N3O2S/c22-16-7-10-21(15-4-2-1-3-13(15)16)18(23)14-11-24-17(20-14)12-5-8-19-9-6-12/h11-13,15-16,19,22H,1-10H2. The van der Waals surface area contributed by atoms with Gasteiger partial charge in [-0.05, 0) is 45.2 Å². The van der Waals surface area contributed by atoms with Crippen LogP contribution >= 0.6 is 11.3 Å². The van der Waals surface area contributed by atoms with Crippen molar-refractivity contribution < 1.29 is 9.90 Å². The number of rotatable bonds is 2. The lowest BCUT2D eigenvalue weighted by atomic mass is 9.76. The molecule has 1 aliphatic carbocycles. The maximum absolute atomic E-state index is 13.0. The highest BCUT2D eigenvalue weighted by Gasteiger charge is 2.41. The number of nitrogens with one attached hydrogen (secondary N) is 1. The molecule has 2 aliphatic heterocycles. The molecule has 3 unspecified atom stereocenters. The summed E-state index contributed by atoms with van der Waals surface area (Å²) in [6.45, 7) is 2.75. The molecule has 1 aromatic heterocycles. The van der Waals surface area contributed by atoms with Gasteiger partial charge in [0.15, 0.2) is 0 Å². The van der Waals surface area contributed by atoms with E-state index in [9.17, 15) is 9.90 Å². The van der Waals surface area contributed by atoms with Gasteiger partial charge in [0.25, 0.3) is 5.91 Å². The molecule has 3 atom stereocenters. The molecule has 132 valence electrons. The van der Waals surface area contributed by atoms with E-state index in [1.165, 1.54) is 6.42 Å². The monoisotopic (exact) mass is 349 g/mol. The summed E-state index contributed by atoms with van der Waals surface area (Å²) in [5, 5.41) is 16.7. The highest BCUT2D eigenvalue weighted by atomic mass is 32.1. The van der Waals surface area contributed by atoms with Gasteiger partial charge in [-0.15, -0.1) is 11.3 Å². The summed E-state index contributed by atoms with van der Waals surface area (Å²) in [5.74, 6) is 0.845. The van der Waals surface area contributed by atoms with Gasteiger partial charge in [0.05, 0.1) is 11.1 Å². The van der Waals surface area contributed by atoms with Crippen LogP contribution in [0.5, 0.6) is 0 Å². The predicted molar refractivity (Wildman–Crippen MR) is 94.4 cm³/mol. The van der Waals surface area contributed by atoms with Gasteiger partial charge in [-0.3, -0.25) is 4.79 Å². The number of fused-ring (bicyclic) bond motifs is 1. The van der Waals surface area contributed by atoms with Crippen molar-refractivity contribution in [2.75, 3.05) is 19.6 Å². The molecule has 2 N–H and O–H groups in total. The molecule has 2 saturated heterocycles. The molecule has 0 radical (unpaired) electrons. The molecular weight excluding hydrogens is 322 g/mol. The smallest absolute Gasteiger partial charge is 0.273 e. The molecule has 3 fully saturated rings. The summed E-state index contributed by atoms with van der Waals surface area (Å²) < 4.78 is 0. The van der Waals surface area contributed by atoms with E-state index in [2.05, 4.69) is 5.32 Å². The number of hydrogen-bond donors (Lipinski definition) is 2. The molecule has 3 heterocycles. The van der Waals surface area contributed by atoms with Crippen molar-refractivity contribution in [3.05, 3.63) is 16.1 Å². The maximum Gasteiger partial charge on any atom is 0.273 e. The van der Waals surface area contributed by atoms with Crippen LogP contribution < -0.4 is 5.32 Å². The molecule has 5 nitrogen and oxygen atoms in total. The topological polar surface area (TPSA) is 65.5 Å². The maximum atomic E-state index is 13.0. The molecule has 6 heteroatoms. The first-order chi connectivity index (χ1) is 11.7. The zero-order valence-electron chi connectivity index (χ0n) is 14.1. The summed E-state index contributed by atoms with van der Waals surface area (Å²) in [6.07, 6.45) is 7.11. The van der Waals surface area contributed by atoms with Crippen LogP contribution in [0, 0.1) is 5.92 Å². The number of carbonyl (C=O) groups is 1. The number of carbonyl (C=O) groups excluding carboxylic acids is 1. The Bertz CT molecular complexity index is 585. The number of amides is 1. The number of nitrogens with zero attached hydrogens (tertiary/aromatic N) is 2. The molecule has 1 aromatic rings. The Balaban J connectivity index is 1.49. The lowest BCUT2D eigenvalue weighted by Crippen LogP contribution is -2.54. The van der Waals surface area contributed by atoms with Gasteiger partial charge in [-0.25, -0.2) is 4.98 Å². The summed E-state index contributed by atoms with van der Waals surface area (Å²) in [7, 11) is 0. The molecule has 4 rings (SSSR count). The number of piperidine rings is 2. The zero-order valence-corrected chi connectivity index (χ0v) is 14.9. The van der Waals surface area contributed by atoms with E-state index in [-0.39, 0.29) is 24.0 Å². The molecule has 1 saturated carbocycles. The van der Waals surface area contributed by atoms with E-state index in [1.54, 1.807) is 11.3 Å². The number of thiazole rings is 1. The first-order valence-electron chi connectivity index (χ1n) is 9.39. The van der Waals surface area contributed by atoms with E-state index in [1.807, 2.05) is 10.3 Å². The Labute approximate surface area is 147 Å². The van der Waals surface area contributed by atoms with Crippen molar-refractivity contribution in [3.63, 3.8) is 0 Å². The molecule has 0 spiro atoms. The fourth-order valence-electron chi connectivity index (χ4n) is 4.67. The van der Waals surface area contributed by atoms with Crippen LogP contribution in [-0.2, 0) is 0 Å². The van der Waals surface area contributed by atoms with E-state index in [4.69, 9.17) is 4.98 Å². The van der Waals surface area contributed by atoms with Crippen LogP contribution in [0.15, 0.2) is 5.38 Å². The Kier molecular flexibility index (Phi) is 4.88. The molecule has 0 aromatic carbocycles. The lowest BCUT2D eigenvalue weighted by Gasteiger charge is -2.46. The summed E-state index contributed by atoms with van der Waals surface area (Å²) in [6, 6.07) is 0.207. The highest BCUT2D eigenvalue weighted by molar-refractivity contribution is 7.09. The second-order valence-corrected chi connectivity index (χ2v) is 8.36. The molecular formula is C18H27N3O2S. The third kappa shape index (κ3) is 3.11. The number of aromatic nitrogens is 1. The van der Waals surface area contributed by atoms with Crippen LogP contribution in [-0.4, -0.2) is 52.7 Å². The highest BCUT2D eigenvalue weighted by Crippen LogP contribution is 2.36. The van der Waals surface area contributed by atoms with Crippen molar-refractivity contribution in [3.8, 4) is 0 Å². The minimum Gasteiger partial charge on any atom is -0.393 e. The average molecular weight is 350 g/mol. The van der Waals surface area contributed by atoms with Crippen molar-refractivity contribution in [2.45, 2.75) is 63.0 Å². The molecule has 1 amide bonds. The third-order valence-corrected chi connectivity index (χ3v) is 7.04. The Morgan fingerprint density at radius 3 is 2.83 bits per heavy atom. The van der Waals surface area contributed by atoms with Gasteiger partial charge in [0, 0.05) is 29.8 Å². The number of aliphatic hydroxyl groups is 1. The van der Waals surface area contributed by atoms with Crippen LogP contribution in [0.2, 0.25) is 0 Å². The lowest BCUT2D eigenvalue weighted by molar-refractivity contribution is -0.0264. The number of likely N-dealkylation sites (tertiary alicyclic amines) is 1. The van der Waals surface area contributed by atoms with Gasteiger partial charge in [-0.2, -0.15) is 0 Å². The van der Waals surface area contributed by atoms with E-state index in [0.717, 1.165) is 50.2 Å². The molecule has 24 heavy (non-hydrogen) atoms. The van der Waals surface area contributed by atoms with E-state index >= 15 is 0 Å². The number of hydrogen-bond acceptors (Lipinski definition) is 5. The van der Waals surface area contributed by atoms with E-state index < -0.39 is 0 Å².